The largest absolute Gasteiger partial charge is 0.293 e. The Bertz CT molecular complexity index is 604. The molecule has 1 heterocycles. The Labute approximate surface area is 119 Å². The molecule has 2 rings (SSSR count). The van der Waals surface area contributed by atoms with Crippen LogP contribution in [0.1, 0.15) is 23.0 Å². The summed E-state index contributed by atoms with van der Waals surface area (Å²) < 4.78 is 12.8. The van der Waals surface area contributed by atoms with Crippen LogP contribution in [0.15, 0.2) is 35.6 Å². The second-order valence-electron chi connectivity index (χ2n) is 3.82. The predicted molar refractivity (Wildman–Crippen MR) is 73.0 cm³/mol. The Morgan fingerprint density at radius 3 is 2.68 bits per heavy atom. The first-order valence-corrected chi connectivity index (χ1v) is 6.83. The lowest BCUT2D eigenvalue weighted by atomic mass is 10.2. The molecule has 6 heteroatoms. The van der Waals surface area contributed by atoms with Gasteiger partial charge in [0.1, 0.15) is 11.5 Å². The summed E-state index contributed by atoms with van der Waals surface area (Å²) in [4.78, 5) is 19.5. The van der Waals surface area contributed by atoms with Crippen molar-refractivity contribution in [3.63, 3.8) is 0 Å². The van der Waals surface area contributed by atoms with Crippen molar-refractivity contribution >= 4 is 29.1 Å². The minimum Gasteiger partial charge on any atom is -0.293 e. The number of ketones is 1. The van der Waals surface area contributed by atoms with Gasteiger partial charge in [-0.1, -0.05) is 35.5 Å². The quantitative estimate of drug-likeness (QED) is 0.489. The normalized spacial score (nSPS) is 10.5. The highest BCUT2D eigenvalue weighted by molar-refractivity contribution is 7.98. The number of hydrogen-bond donors (Lipinski definition) is 0. The molecule has 98 valence electrons. The highest BCUT2D eigenvalue weighted by Crippen LogP contribution is 2.22. The van der Waals surface area contributed by atoms with Gasteiger partial charge in [-0.15, -0.1) is 0 Å². The minimum atomic E-state index is -0.268. The third-order valence-electron chi connectivity index (χ3n) is 2.34. The maximum absolute atomic E-state index is 12.8. The second kappa shape index (κ2) is 6.12. The molecule has 0 spiro atoms. The summed E-state index contributed by atoms with van der Waals surface area (Å²) in [5.41, 5.74) is 1.17. The molecule has 1 aromatic heterocycles. The smallest absolute Gasteiger partial charge is 0.188 e. The van der Waals surface area contributed by atoms with Crippen molar-refractivity contribution in [2.24, 2.45) is 0 Å². The van der Waals surface area contributed by atoms with E-state index < -0.39 is 0 Å². The number of aromatic nitrogens is 2. The maximum Gasteiger partial charge on any atom is 0.188 e. The Balaban J connectivity index is 2.09. The average Bonchev–Trinajstić information content (AvgIpc) is 2.39. The van der Waals surface area contributed by atoms with Crippen LogP contribution in [0.3, 0.4) is 0 Å². The van der Waals surface area contributed by atoms with E-state index in [0.29, 0.717) is 10.9 Å². The lowest BCUT2D eigenvalue weighted by molar-refractivity contribution is 0.101. The fraction of sp³-hybridized carbons (Fsp3) is 0.154. The Morgan fingerprint density at radius 2 is 2.05 bits per heavy atom. The molecule has 3 nitrogen and oxygen atoms in total. The summed E-state index contributed by atoms with van der Waals surface area (Å²) in [6.07, 6.45) is 1.41. The fourth-order valence-electron chi connectivity index (χ4n) is 1.40. The van der Waals surface area contributed by atoms with E-state index in [2.05, 4.69) is 9.97 Å². The number of carbonyl (C=O) groups excluding carboxylic acids is 1. The summed E-state index contributed by atoms with van der Waals surface area (Å²) in [5, 5.41) is 0.720. The first kappa shape index (κ1) is 14.0. The molecule has 0 fully saturated rings. The summed E-state index contributed by atoms with van der Waals surface area (Å²) in [6, 6.07) is 6.20. The van der Waals surface area contributed by atoms with E-state index in [4.69, 9.17) is 11.6 Å². The first-order chi connectivity index (χ1) is 9.06. The second-order valence-corrected chi connectivity index (χ2v) is 5.17. The van der Waals surface area contributed by atoms with Crippen molar-refractivity contribution in [2.45, 2.75) is 17.8 Å². The summed E-state index contributed by atoms with van der Waals surface area (Å²) in [7, 11) is 0. The van der Waals surface area contributed by atoms with E-state index in [0.717, 1.165) is 5.56 Å². The van der Waals surface area contributed by atoms with E-state index in [9.17, 15) is 9.18 Å². The standard InChI is InChI=1S/C13H10ClFN2OS/c1-8(18)12-11(14)6-16-13(17-12)19-7-9-2-4-10(15)5-3-9/h2-6H,7H2,1H3. The molecule has 0 aliphatic heterocycles. The maximum atomic E-state index is 12.8. The SMILES string of the molecule is CC(=O)c1nc(SCc2ccc(F)cc2)ncc1Cl. The Kier molecular flexibility index (Phi) is 4.50. The van der Waals surface area contributed by atoms with Crippen molar-refractivity contribution in [1.82, 2.24) is 9.97 Å². The topological polar surface area (TPSA) is 42.9 Å². The van der Waals surface area contributed by atoms with Crippen molar-refractivity contribution in [3.8, 4) is 0 Å². The van der Waals surface area contributed by atoms with Gasteiger partial charge in [0, 0.05) is 12.7 Å². The lowest BCUT2D eigenvalue weighted by Gasteiger charge is -2.03. The van der Waals surface area contributed by atoms with Crippen molar-refractivity contribution in [3.05, 3.63) is 52.6 Å². The molecule has 0 aliphatic rings. The number of benzene rings is 1. The van der Waals surface area contributed by atoms with Gasteiger partial charge in [0.2, 0.25) is 0 Å². The zero-order valence-electron chi connectivity index (χ0n) is 10.1. The van der Waals surface area contributed by atoms with E-state index in [-0.39, 0.29) is 22.3 Å². The zero-order valence-corrected chi connectivity index (χ0v) is 11.6. The van der Waals surface area contributed by atoms with Gasteiger partial charge < -0.3 is 0 Å². The number of rotatable bonds is 4. The van der Waals surface area contributed by atoms with E-state index >= 15 is 0 Å². The number of halogens is 2. The molecular formula is C13H10ClFN2OS. The van der Waals surface area contributed by atoms with Gasteiger partial charge in [-0.25, -0.2) is 14.4 Å². The summed E-state index contributed by atoms with van der Waals surface area (Å²) >= 11 is 7.19. The van der Waals surface area contributed by atoms with Crippen LogP contribution in [0.4, 0.5) is 4.39 Å². The molecule has 2 aromatic rings. The number of Topliss-reactive ketones (excluding diaryl/α,β-unsaturated/α-hetero) is 1. The molecule has 0 unspecified atom stereocenters. The molecule has 0 saturated heterocycles. The van der Waals surface area contributed by atoms with Crippen molar-refractivity contribution in [1.29, 1.82) is 0 Å². The first-order valence-electron chi connectivity index (χ1n) is 5.47. The molecule has 0 atom stereocenters. The highest BCUT2D eigenvalue weighted by Gasteiger charge is 2.10. The van der Waals surface area contributed by atoms with E-state index in [1.807, 2.05) is 0 Å². The van der Waals surface area contributed by atoms with Crippen molar-refractivity contribution < 1.29 is 9.18 Å². The average molecular weight is 297 g/mol. The molecule has 1 aromatic carbocycles. The molecule has 19 heavy (non-hydrogen) atoms. The van der Waals surface area contributed by atoms with Crippen LogP contribution < -0.4 is 0 Å². The lowest BCUT2D eigenvalue weighted by Crippen LogP contribution is -2.01. The number of thioether (sulfide) groups is 1. The Hall–Kier alpha value is -1.46. The van der Waals surface area contributed by atoms with Gasteiger partial charge in [-0.2, -0.15) is 0 Å². The predicted octanol–water partition coefficient (Wildman–Crippen LogP) is 3.76. The number of carbonyl (C=O) groups is 1. The van der Waals surface area contributed by atoms with E-state index in [1.54, 1.807) is 12.1 Å². The Morgan fingerprint density at radius 1 is 1.37 bits per heavy atom. The monoisotopic (exact) mass is 296 g/mol. The van der Waals surface area contributed by atoms with E-state index in [1.165, 1.54) is 37.0 Å². The van der Waals surface area contributed by atoms with Gasteiger partial charge in [-0.05, 0) is 17.7 Å². The highest BCUT2D eigenvalue weighted by atomic mass is 35.5. The number of hydrogen-bond acceptors (Lipinski definition) is 4. The van der Waals surface area contributed by atoms with Crippen LogP contribution in [0.25, 0.3) is 0 Å². The van der Waals surface area contributed by atoms with Gasteiger partial charge in [-0.3, -0.25) is 4.79 Å². The van der Waals surface area contributed by atoms with Crippen LogP contribution >= 0.6 is 23.4 Å². The zero-order chi connectivity index (χ0) is 13.8. The van der Waals surface area contributed by atoms with Crippen LogP contribution in [-0.2, 0) is 5.75 Å². The molecule has 0 aliphatic carbocycles. The molecular weight excluding hydrogens is 287 g/mol. The van der Waals surface area contributed by atoms with Crippen LogP contribution in [0, 0.1) is 5.82 Å². The van der Waals surface area contributed by atoms with Gasteiger partial charge in [0.25, 0.3) is 0 Å². The molecule has 0 bridgehead atoms. The fourth-order valence-corrected chi connectivity index (χ4v) is 2.39. The molecule has 0 N–H and O–H groups in total. The van der Waals surface area contributed by atoms with Crippen LogP contribution in [-0.4, -0.2) is 15.8 Å². The number of nitrogens with zero attached hydrogens (tertiary/aromatic N) is 2. The molecule has 0 saturated carbocycles. The summed E-state index contributed by atoms with van der Waals surface area (Å²) in [5.74, 6) is 0.130. The third-order valence-corrected chi connectivity index (χ3v) is 3.55. The minimum absolute atomic E-state index is 0.198. The molecule has 0 radical (unpaired) electrons. The van der Waals surface area contributed by atoms with Crippen molar-refractivity contribution in [2.75, 3.05) is 0 Å². The summed E-state index contributed by atoms with van der Waals surface area (Å²) in [6.45, 7) is 1.41. The molecule has 0 amide bonds. The van der Waals surface area contributed by atoms with Gasteiger partial charge >= 0.3 is 0 Å². The van der Waals surface area contributed by atoms with Gasteiger partial charge in [0.15, 0.2) is 10.9 Å². The van der Waals surface area contributed by atoms with Crippen LogP contribution in [0.2, 0.25) is 5.02 Å². The third kappa shape index (κ3) is 3.75. The van der Waals surface area contributed by atoms with Gasteiger partial charge in [0.05, 0.1) is 11.2 Å². The van der Waals surface area contributed by atoms with Crippen LogP contribution in [0.5, 0.6) is 0 Å².